The average Bonchev–Trinajstić information content (AvgIpc) is 2.15. The molecule has 15 heavy (non-hydrogen) atoms. The van der Waals surface area contributed by atoms with Gasteiger partial charge in [-0.15, -0.1) is 11.6 Å². The molecule has 0 unspecified atom stereocenters. The topological polar surface area (TPSA) is 12.0 Å². The van der Waals surface area contributed by atoms with Gasteiger partial charge in [0.1, 0.15) is 0 Å². The van der Waals surface area contributed by atoms with Gasteiger partial charge in [-0.25, -0.2) is 0 Å². The quantitative estimate of drug-likeness (QED) is 0.613. The molecule has 1 nitrogen and oxygen atoms in total. The van der Waals surface area contributed by atoms with Gasteiger partial charge < -0.3 is 0 Å². The van der Waals surface area contributed by atoms with E-state index < -0.39 is 0 Å². The molecule has 0 aliphatic rings. The first-order valence-electron chi connectivity index (χ1n) is 5.32. The maximum Gasteiger partial charge on any atom is 0.0716 e. The number of alkyl halides is 1. The maximum atomic E-state index is 5.62. The van der Waals surface area contributed by atoms with Crippen LogP contribution >= 0.6 is 11.6 Å². The van der Waals surface area contributed by atoms with Crippen molar-refractivity contribution in [2.75, 3.05) is 6.00 Å². The Balaban J connectivity index is 2.95. The third-order valence-electron chi connectivity index (χ3n) is 2.63. The minimum atomic E-state index is 0.212. The molecule has 2 heteroatoms. The van der Waals surface area contributed by atoms with E-state index in [0.717, 1.165) is 6.54 Å². The number of nitrogens with one attached hydrogen (secondary N) is 1. The summed E-state index contributed by atoms with van der Waals surface area (Å²) < 4.78 is 0. The van der Waals surface area contributed by atoms with Gasteiger partial charge in [-0.05, 0) is 29.0 Å². The van der Waals surface area contributed by atoms with Crippen LogP contribution in [0.2, 0.25) is 0 Å². The molecule has 0 heterocycles. The highest BCUT2D eigenvalue weighted by atomic mass is 35.5. The Morgan fingerprint density at radius 1 is 1.27 bits per heavy atom. The van der Waals surface area contributed by atoms with Crippen molar-refractivity contribution >= 4 is 11.6 Å². The Kier molecular flexibility index (Phi) is 4.18. The molecule has 0 saturated heterocycles. The van der Waals surface area contributed by atoms with E-state index in [4.69, 9.17) is 11.6 Å². The van der Waals surface area contributed by atoms with Crippen LogP contribution in [0.4, 0.5) is 0 Å². The highest BCUT2D eigenvalue weighted by Crippen LogP contribution is 2.24. The van der Waals surface area contributed by atoms with E-state index >= 15 is 0 Å². The molecule has 0 radical (unpaired) electrons. The summed E-state index contributed by atoms with van der Waals surface area (Å²) in [6.07, 6.45) is 0. The first-order valence-corrected chi connectivity index (χ1v) is 5.85. The van der Waals surface area contributed by atoms with Crippen molar-refractivity contribution in [3.05, 3.63) is 34.9 Å². The number of halogens is 1. The van der Waals surface area contributed by atoms with E-state index in [1.165, 1.54) is 16.7 Å². The summed E-state index contributed by atoms with van der Waals surface area (Å²) in [6, 6.07) is 7.17. The van der Waals surface area contributed by atoms with Gasteiger partial charge in [0.25, 0.3) is 0 Å². The number of rotatable bonds is 3. The molecule has 0 amide bonds. The fraction of sp³-hybridized carbons (Fsp3) is 0.538. The molecular weight excluding hydrogens is 206 g/mol. The summed E-state index contributed by atoms with van der Waals surface area (Å²) in [7, 11) is 0. The van der Waals surface area contributed by atoms with Gasteiger partial charge in [0.15, 0.2) is 0 Å². The largest absolute Gasteiger partial charge is 0.300 e. The SMILES string of the molecule is Cc1ccc(C(C)(C)C)cc1CNCCl. The van der Waals surface area contributed by atoms with Crippen molar-refractivity contribution in [1.29, 1.82) is 0 Å². The van der Waals surface area contributed by atoms with Crippen LogP contribution in [0.25, 0.3) is 0 Å². The molecular formula is C13H20ClN. The van der Waals surface area contributed by atoms with E-state index in [-0.39, 0.29) is 5.41 Å². The second-order valence-electron chi connectivity index (χ2n) is 4.95. The predicted molar refractivity (Wildman–Crippen MR) is 67.4 cm³/mol. The van der Waals surface area contributed by atoms with E-state index in [1.54, 1.807) is 0 Å². The van der Waals surface area contributed by atoms with Gasteiger partial charge in [-0.1, -0.05) is 39.0 Å². The molecule has 0 saturated carbocycles. The Bertz CT molecular complexity index is 326. The number of hydrogen-bond acceptors (Lipinski definition) is 1. The third-order valence-corrected chi connectivity index (χ3v) is 2.81. The summed E-state index contributed by atoms with van der Waals surface area (Å²) in [5, 5.41) is 3.15. The van der Waals surface area contributed by atoms with Crippen molar-refractivity contribution < 1.29 is 0 Å². The zero-order valence-corrected chi connectivity index (χ0v) is 10.8. The van der Waals surface area contributed by atoms with Crippen molar-refractivity contribution in [2.45, 2.75) is 39.7 Å². The average molecular weight is 226 g/mol. The van der Waals surface area contributed by atoms with E-state index in [0.29, 0.717) is 6.00 Å². The van der Waals surface area contributed by atoms with Gasteiger partial charge in [0.2, 0.25) is 0 Å². The van der Waals surface area contributed by atoms with Gasteiger partial charge in [-0.2, -0.15) is 0 Å². The normalized spacial score (nSPS) is 11.8. The second-order valence-corrected chi connectivity index (χ2v) is 5.22. The first-order chi connectivity index (χ1) is 6.95. The molecule has 1 aromatic rings. The van der Waals surface area contributed by atoms with Gasteiger partial charge in [0.05, 0.1) is 6.00 Å². The summed E-state index contributed by atoms with van der Waals surface area (Å²) in [5.74, 6) is 0. The number of aryl methyl sites for hydroxylation is 1. The smallest absolute Gasteiger partial charge is 0.0716 e. The fourth-order valence-electron chi connectivity index (χ4n) is 1.51. The second kappa shape index (κ2) is 5.00. The molecule has 1 rings (SSSR count). The van der Waals surface area contributed by atoms with Crippen molar-refractivity contribution in [1.82, 2.24) is 5.32 Å². The summed E-state index contributed by atoms with van der Waals surface area (Å²) in [4.78, 5) is 0. The standard InChI is InChI=1S/C13H20ClN/c1-10-5-6-12(13(2,3)4)7-11(10)8-15-9-14/h5-7,15H,8-9H2,1-4H3. The Morgan fingerprint density at radius 2 is 1.93 bits per heavy atom. The monoisotopic (exact) mass is 225 g/mol. The molecule has 0 aromatic heterocycles. The molecule has 0 fully saturated rings. The van der Waals surface area contributed by atoms with E-state index in [1.807, 2.05) is 0 Å². The van der Waals surface area contributed by atoms with Crippen LogP contribution < -0.4 is 5.32 Å². The van der Waals surface area contributed by atoms with Crippen LogP contribution in [0, 0.1) is 6.92 Å². The zero-order valence-electron chi connectivity index (χ0n) is 10.0. The highest BCUT2D eigenvalue weighted by molar-refractivity contribution is 6.17. The van der Waals surface area contributed by atoms with Gasteiger partial charge in [-0.3, -0.25) is 5.32 Å². The zero-order chi connectivity index (χ0) is 11.5. The van der Waals surface area contributed by atoms with Crippen LogP contribution in [0.3, 0.4) is 0 Å². The molecule has 0 spiro atoms. The van der Waals surface area contributed by atoms with Crippen LogP contribution in [-0.2, 0) is 12.0 Å². The maximum absolute atomic E-state index is 5.62. The molecule has 1 N–H and O–H groups in total. The Morgan fingerprint density at radius 3 is 2.47 bits per heavy atom. The summed E-state index contributed by atoms with van der Waals surface area (Å²) in [6.45, 7) is 9.68. The summed E-state index contributed by atoms with van der Waals surface area (Å²) >= 11 is 5.62. The third kappa shape index (κ3) is 3.51. The van der Waals surface area contributed by atoms with E-state index in [2.05, 4.69) is 51.2 Å². The molecule has 0 aliphatic carbocycles. The molecule has 84 valence electrons. The fourth-order valence-corrected chi connectivity index (χ4v) is 1.60. The Hall–Kier alpha value is -0.530. The number of benzene rings is 1. The minimum absolute atomic E-state index is 0.212. The minimum Gasteiger partial charge on any atom is -0.300 e. The lowest BCUT2D eigenvalue weighted by atomic mass is 9.85. The Labute approximate surface area is 97.8 Å². The van der Waals surface area contributed by atoms with Crippen molar-refractivity contribution in [3.8, 4) is 0 Å². The molecule has 1 aromatic carbocycles. The van der Waals surface area contributed by atoms with Crippen LogP contribution in [0.1, 0.15) is 37.5 Å². The van der Waals surface area contributed by atoms with Crippen LogP contribution in [0.5, 0.6) is 0 Å². The lowest BCUT2D eigenvalue weighted by molar-refractivity contribution is 0.588. The summed E-state index contributed by atoms with van der Waals surface area (Å²) in [5.41, 5.74) is 4.24. The highest BCUT2D eigenvalue weighted by Gasteiger charge is 2.14. The van der Waals surface area contributed by atoms with Gasteiger partial charge in [0, 0.05) is 6.54 Å². The van der Waals surface area contributed by atoms with Crippen molar-refractivity contribution in [3.63, 3.8) is 0 Å². The predicted octanol–water partition coefficient (Wildman–Crippen LogP) is 3.58. The molecule has 0 bridgehead atoms. The first kappa shape index (κ1) is 12.5. The van der Waals surface area contributed by atoms with Crippen LogP contribution in [0.15, 0.2) is 18.2 Å². The van der Waals surface area contributed by atoms with E-state index in [9.17, 15) is 0 Å². The lowest BCUT2D eigenvalue weighted by Gasteiger charge is -2.20. The molecule has 0 atom stereocenters. The van der Waals surface area contributed by atoms with Crippen LogP contribution in [-0.4, -0.2) is 6.00 Å². The lowest BCUT2D eigenvalue weighted by Crippen LogP contribution is -2.15. The number of hydrogen-bond donors (Lipinski definition) is 1. The molecule has 0 aliphatic heterocycles. The van der Waals surface area contributed by atoms with Gasteiger partial charge >= 0.3 is 0 Å². The van der Waals surface area contributed by atoms with Crippen molar-refractivity contribution in [2.24, 2.45) is 0 Å².